The van der Waals surface area contributed by atoms with Gasteiger partial charge in [0.05, 0.1) is 5.60 Å². The van der Waals surface area contributed by atoms with E-state index in [0.29, 0.717) is 16.0 Å². The van der Waals surface area contributed by atoms with Crippen LogP contribution in [0.15, 0.2) is 42.0 Å². The quantitative estimate of drug-likeness (QED) is 0.501. The maximum absolute atomic E-state index is 13.0. The number of hydrogen-bond donors (Lipinski definition) is 0. The average molecular weight is 415 g/mol. The van der Waals surface area contributed by atoms with Gasteiger partial charge in [0.15, 0.2) is 5.78 Å². The number of ether oxygens (including phenoxy) is 1. The Morgan fingerprint density at radius 2 is 1.71 bits per heavy atom. The van der Waals surface area contributed by atoms with Crippen molar-refractivity contribution in [3.8, 4) is 11.1 Å². The Bertz CT molecular complexity index is 998. The molecule has 0 radical (unpaired) electrons. The number of ketones is 1. The third-order valence-electron chi connectivity index (χ3n) is 5.60. The summed E-state index contributed by atoms with van der Waals surface area (Å²) in [6.45, 7) is 7.59. The van der Waals surface area contributed by atoms with Crippen LogP contribution in [0.4, 0.5) is 0 Å². The maximum atomic E-state index is 13.0. The van der Waals surface area contributed by atoms with Crippen LogP contribution in [0.1, 0.15) is 57.6 Å². The molecule has 0 N–H and O–H groups in total. The van der Waals surface area contributed by atoms with Gasteiger partial charge in [-0.05, 0) is 87.4 Å². The molecule has 0 bridgehead atoms. The second-order valence-corrected chi connectivity index (χ2v) is 9.60. The summed E-state index contributed by atoms with van der Waals surface area (Å²) in [7, 11) is 0. The van der Waals surface area contributed by atoms with Gasteiger partial charge in [0.25, 0.3) is 0 Å². The first-order chi connectivity index (χ1) is 13.1. The van der Waals surface area contributed by atoms with Crippen molar-refractivity contribution in [2.45, 2.75) is 57.7 Å². The lowest BCUT2D eigenvalue weighted by molar-refractivity contribution is -0.132. The monoisotopic (exact) mass is 414 g/mol. The molecule has 4 rings (SSSR count). The van der Waals surface area contributed by atoms with E-state index in [1.807, 2.05) is 45.9 Å². The van der Waals surface area contributed by atoms with E-state index in [0.717, 1.165) is 22.3 Å². The van der Waals surface area contributed by atoms with Gasteiger partial charge in [-0.25, -0.2) is 0 Å². The lowest BCUT2D eigenvalue weighted by Gasteiger charge is -2.22. The molecule has 1 aliphatic carbocycles. The number of hydrogen-bond acceptors (Lipinski definition) is 2. The molecule has 0 atom stereocenters. The van der Waals surface area contributed by atoms with Gasteiger partial charge >= 0.3 is 0 Å². The van der Waals surface area contributed by atoms with Gasteiger partial charge in [0, 0.05) is 21.2 Å². The first-order valence-corrected chi connectivity index (χ1v) is 10.4. The van der Waals surface area contributed by atoms with E-state index >= 15 is 0 Å². The van der Waals surface area contributed by atoms with Crippen LogP contribution < -0.4 is 0 Å². The highest BCUT2D eigenvalue weighted by molar-refractivity contribution is 6.36. The Kier molecular flexibility index (Phi) is 4.73. The SMILES string of the molecule is CC1(C)OC(C)(C)C(=Cc2cc(-c3ccc(Cl)cc3Cl)ccc2C2CC2)C1=O. The van der Waals surface area contributed by atoms with Crippen LogP contribution in [0.25, 0.3) is 17.2 Å². The van der Waals surface area contributed by atoms with Crippen LogP contribution in [0.2, 0.25) is 10.0 Å². The van der Waals surface area contributed by atoms with E-state index in [1.54, 1.807) is 6.07 Å². The van der Waals surface area contributed by atoms with Crippen molar-refractivity contribution in [3.63, 3.8) is 0 Å². The van der Waals surface area contributed by atoms with Crippen LogP contribution in [0.3, 0.4) is 0 Å². The van der Waals surface area contributed by atoms with Crippen molar-refractivity contribution in [1.29, 1.82) is 0 Å². The predicted molar refractivity (Wildman–Crippen MR) is 116 cm³/mol. The predicted octanol–water partition coefficient (Wildman–Crippen LogP) is 7.08. The minimum atomic E-state index is -0.799. The van der Waals surface area contributed by atoms with Crippen LogP contribution in [0, 0.1) is 0 Å². The Morgan fingerprint density at radius 1 is 1.00 bits per heavy atom. The van der Waals surface area contributed by atoms with Gasteiger partial charge in [-0.3, -0.25) is 4.79 Å². The molecule has 4 heteroatoms. The van der Waals surface area contributed by atoms with Gasteiger partial charge in [0.1, 0.15) is 5.60 Å². The molecule has 1 saturated heterocycles. The lowest BCUT2D eigenvalue weighted by atomic mass is 9.88. The molecule has 28 heavy (non-hydrogen) atoms. The molecular weight excluding hydrogens is 391 g/mol. The molecule has 1 saturated carbocycles. The van der Waals surface area contributed by atoms with Gasteiger partial charge in [-0.1, -0.05) is 41.4 Å². The highest BCUT2D eigenvalue weighted by Crippen LogP contribution is 2.45. The Labute approximate surface area is 176 Å². The van der Waals surface area contributed by atoms with Gasteiger partial charge in [0.2, 0.25) is 0 Å². The average Bonchev–Trinajstić information content (AvgIpc) is 3.40. The molecule has 0 spiro atoms. The van der Waals surface area contributed by atoms with E-state index in [9.17, 15) is 4.79 Å². The van der Waals surface area contributed by atoms with Crippen LogP contribution in [0.5, 0.6) is 0 Å². The van der Waals surface area contributed by atoms with Crippen LogP contribution in [-0.2, 0) is 9.53 Å². The smallest absolute Gasteiger partial charge is 0.192 e. The Morgan fingerprint density at radius 3 is 2.29 bits per heavy atom. The number of Topliss-reactive ketones (excluding diaryl/α,β-unsaturated/α-hetero) is 1. The van der Waals surface area contributed by atoms with Crippen molar-refractivity contribution < 1.29 is 9.53 Å². The van der Waals surface area contributed by atoms with E-state index in [1.165, 1.54) is 18.4 Å². The number of carbonyl (C=O) groups excluding carboxylic acids is 1. The number of halogens is 2. The fourth-order valence-electron chi connectivity index (χ4n) is 4.09. The number of carbonyl (C=O) groups is 1. The second-order valence-electron chi connectivity index (χ2n) is 8.75. The van der Waals surface area contributed by atoms with Crippen molar-refractivity contribution in [2.24, 2.45) is 0 Å². The minimum absolute atomic E-state index is 0.0502. The number of benzene rings is 2. The summed E-state index contributed by atoms with van der Waals surface area (Å²) in [5.41, 5.74) is 3.61. The second kappa shape index (κ2) is 6.73. The molecule has 2 aliphatic rings. The fraction of sp³-hybridized carbons (Fsp3) is 0.375. The standard InChI is InChI=1S/C24H24Cl2O2/c1-23(2)20(22(27)24(3,4)28-23)12-16-11-15(7-9-18(16)14-5-6-14)19-10-8-17(25)13-21(19)26/h7-14H,5-6H2,1-4H3. The Balaban J connectivity index is 1.85. The van der Waals surface area contributed by atoms with Gasteiger partial charge < -0.3 is 4.74 Å². The first kappa shape index (κ1) is 19.7. The summed E-state index contributed by atoms with van der Waals surface area (Å²) in [4.78, 5) is 13.0. The zero-order chi connectivity index (χ0) is 20.3. The normalized spacial score (nSPS) is 22.1. The Hall–Kier alpha value is -1.61. The molecule has 146 valence electrons. The summed E-state index contributed by atoms with van der Waals surface area (Å²) in [6.07, 6.45) is 4.41. The van der Waals surface area contributed by atoms with Crippen LogP contribution in [-0.4, -0.2) is 17.0 Å². The minimum Gasteiger partial charge on any atom is -0.357 e. The van der Waals surface area contributed by atoms with E-state index in [2.05, 4.69) is 18.2 Å². The lowest BCUT2D eigenvalue weighted by Crippen LogP contribution is -2.29. The number of rotatable bonds is 3. The molecule has 0 aromatic heterocycles. The van der Waals surface area contributed by atoms with Gasteiger partial charge in [-0.2, -0.15) is 0 Å². The molecule has 0 unspecified atom stereocenters. The summed E-state index contributed by atoms with van der Waals surface area (Å²) in [6, 6.07) is 11.9. The summed E-state index contributed by atoms with van der Waals surface area (Å²) >= 11 is 12.5. The molecule has 1 aliphatic heterocycles. The van der Waals surface area contributed by atoms with Crippen LogP contribution >= 0.6 is 23.2 Å². The molecule has 1 heterocycles. The van der Waals surface area contributed by atoms with E-state index in [4.69, 9.17) is 27.9 Å². The zero-order valence-electron chi connectivity index (χ0n) is 16.6. The largest absolute Gasteiger partial charge is 0.357 e. The molecule has 2 nitrogen and oxygen atoms in total. The highest BCUT2D eigenvalue weighted by atomic mass is 35.5. The van der Waals surface area contributed by atoms with Crippen molar-refractivity contribution >= 4 is 35.1 Å². The molecule has 2 fully saturated rings. The maximum Gasteiger partial charge on any atom is 0.192 e. The molecule has 2 aromatic carbocycles. The summed E-state index contributed by atoms with van der Waals surface area (Å²) in [5.74, 6) is 0.615. The van der Waals surface area contributed by atoms with Crippen molar-refractivity contribution in [2.75, 3.05) is 0 Å². The van der Waals surface area contributed by atoms with Crippen molar-refractivity contribution in [1.82, 2.24) is 0 Å². The van der Waals surface area contributed by atoms with Crippen molar-refractivity contribution in [3.05, 3.63) is 63.1 Å². The molecule has 2 aromatic rings. The highest BCUT2D eigenvalue weighted by Gasteiger charge is 2.49. The first-order valence-electron chi connectivity index (χ1n) is 9.65. The molecular formula is C24H24Cl2O2. The third-order valence-corrected chi connectivity index (χ3v) is 6.14. The third kappa shape index (κ3) is 3.54. The zero-order valence-corrected chi connectivity index (χ0v) is 18.1. The van der Waals surface area contributed by atoms with E-state index in [-0.39, 0.29) is 5.78 Å². The topological polar surface area (TPSA) is 26.3 Å². The fourth-order valence-corrected chi connectivity index (χ4v) is 4.61. The van der Waals surface area contributed by atoms with Gasteiger partial charge in [-0.15, -0.1) is 0 Å². The summed E-state index contributed by atoms with van der Waals surface area (Å²) < 4.78 is 6.04. The summed E-state index contributed by atoms with van der Waals surface area (Å²) in [5, 5.41) is 1.23. The van der Waals surface area contributed by atoms with E-state index < -0.39 is 11.2 Å². The molecule has 0 amide bonds.